The van der Waals surface area contributed by atoms with Crippen molar-refractivity contribution in [3.05, 3.63) is 0 Å². The number of rotatable bonds is 7. The van der Waals surface area contributed by atoms with Crippen molar-refractivity contribution < 1.29 is 0 Å². The molecule has 4 nitrogen and oxygen atoms in total. The SMILES string of the molecule is CCN(CCCN(C)C)C1CCCC(C#N)(NC)C1. The third kappa shape index (κ3) is 4.76. The van der Waals surface area contributed by atoms with Crippen LogP contribution in [0.3, 0.4) is 0 Å². The fourth-order valence-electron chi connectivity index (χ4n) is 3.13. The first kappa shape index (κ1) is 16.4. The molecule has 0 aromatic heterocycles. The minimum atomic E-state index is -0.294. The summed E-state index contributed by atoms with van der Waals surface area (Å²) in [5.41, 5.74) is -0.294. The molecule has 0 heterocycles. The van der Waals surface area contributed by atoms with Crippen molar-refractivity contribution in [1.29, 1.82) is 5.26 Å². The van der Waals surface area contributed by atoms with E-state index in [-0.39, 0.29) is 5.54 Å². The lowest BCUT2D eigenvalue weighted by Crippen LogP contribution is -2.51. The summed E-state index contributed by atoms with van der Waals surface area (Å²) in [6, 6.07) is 3.07. The topological polar surface area (TPSA) is 42.3 Å². The molecule has 19 heavy (non-hydrogen) atoms. The van der Waals surface area contributed by atoms with E-state index in [1.807, 2.05) is 7.05 Å². The Morgan fingerprint density at radius 1 is 1.37 bits per heavy atom. The van der Waals surface area contributed by atoms with Crippen molar-refractivity contribution in [3.8, 4) is 6.07 Å². The minimum absolute atomic E-state index is 0.294. The average molecular weight is 266 g/mol. The molecule has 0 bridgehead atoms. The van der Waals surface area contributed by atoms with Gasteiger partial charge in [-0.3, -0.25) is 0 Å². The first-order chi connectivity index (χ1) is 9.06. The Labute approximate surface area is 118 Å². The molecule has 2 unspecified atom stereocenters. The van der Waals surface area contributed by atoms with Crippen LogP contribution >= 0.6 is 0 Å². The molecule has 1 N–H and O–H groups in total. The number of nitrogens with one attached hydrogen (secondary N) is 1. The molecule has 0 aromatic rings. The first-order valence-electron chi connectivity index (χ1n) is 7.56. The Morgan fingerprint density at radius 2 is 2.11 bits per heavy atom. The smallest absolute Gasteiger partial charge is 0.108 e. The Bertz CT molecular complexity index is 297. The van der Waals surface area contributed by atoms with Crippen LogP contribution in [0.5, 0.6) is 0 Å². The number of hydrogen-bond donors (Lipinski definition) is 1. The van der Waals surface area contributed by atoms with E-state index in [1.54, 1.807) is 0 Å². The van der Waals surface area contributed by atoms with Crippen molar-refractivity contribution in [2.24, 2.45) is 0 Å². The van der Waals surface area contributed by atoms with Gasteiger partial charge in [-0.05, 0) is 72.9 Å². The molecule has 110 valence electrons. The van der Waals surface area contributed by atoms with Gasteiger partial charge >= 0.3 is 0 Å². The molecule has 0 radical (unpaired) electrons. The summed E-state index contributed by atoms with van der Waals surface area (Å²) in [7, 11) is 6.17. The van der Waals surface area contributed by atoms with Crippen LogP contribution in [0.1, 0.15) is 39.0 Å². The quantitative estimate of drug-likeness (QED) is 0.761. The van der Waals surface area contributed by atoms with Crippen molar-refractivity contribution in [3.63, 3.8) is 0 Å². The van der Waals surface area contributed by atoms with Gasteiger partial charge in [0.15, 0.2) is 0 Å². The molecule has 2 atom stereocenters. The molecule has 0 aromatic carbocycles. The van der Waals surface area contributed by atoms with Crippen molar-refractivity contribution in [2.75, 3.05) is 40.8 Å². The summed E-state index contributed by atoms with van der Waals surface area (Å²) in [4.78, 5) is 4.80. The normalized spacial score (nSPS) is 27.7. The zero-order chi connectivity index (χ0) is 14.3. The van der Waals surface area contributed by atoms with Gasteiger partial charge in [0, 0.05) is 6.04 Å². The van der Waals surface area contributed by atoms with E-state index in [0.717, 1.165) is 38.9 Å². The third-order valence-corrected chi connectivity index (χ3v) is 4.39. The molecule has 1 aliphatic carbocycles. The second kappa shape index (κ2) is 7.84. The Kier molecular flexibility index (Phi) is 6.78. The summed E-state index contributed by atoms with van der Waals surface area (Å²) in [5.74, 6) is 0. The molecular weight excluding hydrogens is 236 g/mol. The Hall–Kier alpha value is -0.630. The lowest BCUT2D eigenvalue weighted by Gasteiger charge is -2.41. The maximum Gasteiger partial charge on any atom is 0.108 e. The van der Waals surface area contributed by atoms with Gasteiger partial charge in [0.2, 0.25) is 0 Å². The standard InChI is InChI=1S/C15H30N4/c1-5-19(11-7-10-18(3)4)14-8-6-9-15(12-14,13-16)17-2/h14,17H,5-12H2,1-4H3. The number of hydrogen-bond acceptors (Lipinski definition) is 4. The van der Waals surface area contributed by atoms with Crippen LogP contribution in [0, 0.1) is 11.3 Å². The zero-order valence-electron chi connectivity index (χ0n) is 13.1. The summed E-state index contributed by atoms with van der Waals surface area (Å²) in [6.45, 7) is 5.60. The van der Waals surface area contributed by atoms with Crippen LogP contribution in [0.15, 0.2) is 0 Å². The number of nitriles is 1. The maximum atomic E-state index is 9.42. The van der Waals surface area contributed by atoms with Crippen LogP contribution in [0.2, 0.25) is 0 Å². The predicted molar refractivity (Wildman–Crippen MR) is 80.1 cm³/mol. The van der Waals surface area contributed by atoms with Crippen LogP contribution < -0.4 is 5.32 Å². The monoisotopic (exact) mass is 266 g/mol. The summed E-state index contributed by atoms with van der Waals surface area (Å²) >= 11 is 0. The Morgan fingerprint density at radius 3 is 2.63 bits per heavy atom. The van der Waals surface area contributed by atoms with Crippen molar-refractivity contribution >= 4 is 0 Å². The van der Waals surface area contributed by atoms with Crippen LogP contribution in [0.25, 0.3) is 0 Å². The zero-order valence-corrected chi connectivity index (χ0v) is 13.1. The van der Waals surface area contributed by atoms with E-state index >= 15 is 0 Å². The van der Waals surface area contributed by atoms with Gasteiger partial charge < -0.3 is 15.1 Å². The third-order valence-electron chi connectivity index (χ3n) is 4.39. The summed E-state index contributed by atoms with van der Waals surface area (Å²) < 4.78 is 0. The summed E-state index contributed by atoms with van der Waals surface area (Å²) in [5, 5.41) is 12.7. The summed E-state index contributed by atoms with van der Waals surface area (Å²) in [6.07, 6.45) is 5.56. The van der Waals surface area contributed by atoms with Gasteiger partial charge in [-0.2, -0.15) is 5.26 Å². The largest absolute Gasteiger partial charge is 0.309 e. The molecular formula is C15H30N4. The molecule has 1 rings (SSSR count). The molecule has 0 saturated heterocycles. The van der Waals surface area contributed by atoms with Gasteiger partial charge in [0.25, 0.3) is 0 Å². The van der Waals surface area contributed by atoms with Crippen LogP contribution in [-0.2, 0) is 0 Å². The van der Waals surface area contributed by atoms with Crippen molar-refractivity contribution in [2.45, 2.75) is 50.6 Å². The molecule has 0 aliphatic heterocycles. The minimum Gasteiger partial charge on any atom is -0.309 e. The highest BCUT2D eigenvalue weighted by Crippen LogP contribution is 2.30. The van der Waals surface area contributed by atoms with Gasteiger partial charge in [-0.1, -0.05) is 6.92 Å². The van der Waals surface area contributed by atoms with E-state index < -0.39 is 0 Å². The number of nitrogens with zero attached hydrogens (tertiary/aromatic N) is 3. The molecule has 4 heteroatoms. The predicted octanol–water partition coefficient (Wildman–Crippen LogP) is 1.68. The van der Waals surface area contributed by atoms with Gasteiger partial charge in [0.1, 0.15) is 5.54 Å². The highest BCUT2D eigenvalue weighted by molar-refractivity contribution is 5.10. The molecule has 1 aliphatic rings. The average Bonchev–Trinajstić information content (AvgIpc) is 2.43. The highest BCUT2D eigenvalue weighted by atomic mass is 15.2. The second-order valence-corrected chi connectivity index (χ2v) is 5.98. The second-order valence-electron chi connectivity index (χ2n) is 5.98. The Balaban J connectivity index is 2.53. The van der Waals surface area contributed by atoms with E-state index in [2.05, 4.69) is 42.2 Å². The maximum absolute atomic E-state index is 9.42. The fourth-order valence-corrected chi connectivity index (χ4v) is 3.13. The first-order valence-corrected chi connectivity index (χ1v) is 7.56. The van der Waals surface area contributed by atoms with Gasteiger partial charge in [-0.15, -0.1) is 0 Å². The van der Waals surface area contributed by atoms with E-state index in [1.165, 1.54) is 12.8 Å². The van der Waals surface area contributed by atoms with Gasteiger partial charge in [0.05, 0.1) is 6.07 Å². The molecule has 1 saturated carbocycles. The molecule has 0 spiro atoms. The van der Waals surface area contributed by atoms with Crippen LogP contribution in [0.4, 0.5) is 0 Å². The lowest BCUT2D eigenvalue weighted by molar-refractivity contribution is 0.124. The molecule has 1 fully saturated rings. The van der Waals surface area contributed by atoms with E-state index in [9.17, 15) is 5.26 Å². The lowest BCUT2D eigenvalue weighted by atomic mass is 9.79. The van der Waals surface area contributed by atoms with E-state index in [0.29, 0.717) is 6.04 Å². The van der Waals surface area contributed by atoms with Gasteiger partial charge in [-0.25, -0.2) is 0 Å². The van der Waals surface area contributed by atoms with Crippen molar-refractivity contribution in [1.82, 2.24) is 15.1 Å². The fraction of sp³-hybridized carbons (Fsp3) is 0.933. The highest BCUT2D eigenvalue weighted by Gasteiger charge is 2.36. The van der Waals surface area contributed by atoms with Crippen LogP contribution in [-0.4, -0.2) is 62.2 Å². The molecule has 0 amide bonds. The van der Waals surface area contributed by atoms with E-state index in [4.69, 9.17) is 0 Å².